The van der Waals surface area contributed by atoms with Gasteiger partial charge in [-0.1, -0.05) is 0 Å². The largest absolute Gasteiger partial charge is 0.413 e. The highest BCUT2D eigenvalue weighted by atomic mass is 19.4. The van der Waals surface area contributed by atoms with Gasteiger partial charge >= 0.3 is 6.18 Å². The predicted molar refractivity (Wildman–Crippen MR) is 45.2 cm³/mol. The zero-order valence-electron chi connectivity index (χ0n) is 7.94. The maximum atomic E-state index is 12.9. The Labute approximate surface area is 88.0 Å². The van der Waals surface area contributed by atoms with E-state index in [1.54, 1.807) is 0 Å². The van der Waals surface area contributed by atoms with Crippen molar-refractivity contribution in [2.45, 2.75) is 12.7 Å². The van der Waals surface area contributed by atoms with Gasteiger partial charge in [0.25, 0.3) is 0 Å². The molecule has 0 aliphatic carbocycles. The summed E-state index contributed by atoms with van der Waals surface area (Å²) in [5, 5.41) is 0. The van der Waals surface area contributed by atoms with Crippen LogP contribution in [0, 0.1) is 11.6 Å². The summed E-state index contributed by atoms with van der Waals surface area (Å²) in [6, 6.07) is 2.67. The first-order valence-electron chi connectivity index (χ1n) is 4.24. The Hall–Kier alpha value is -1.21. The first-order valence-corrected chi connectivity index (χ1v) is 4.24. The average molecular weight is 241 g/mol. The van der Waals surface area contributed by atoms with Gasteiger partial charge in [0.1, 0.15) is 11.6 Å². The molecule has 0 saturated heterocycles. The lowest BCUT2D eigenvalue weighted by atomic mass is 10.2. The number of hydrogen-bond acceptors (Lipinski definition) is 2. The molecule has 0 bridgehead atoms. The van der Waals surface area contributed by atoms with Gasteiger partial charge in [0.15, 0.2) is 6.61 Å². The maximum absolute atomic E-state index is 12.9. The first-order chi connectivity index (χ1) is 7.38. The molecule has 0 heterocycles. The SMILES string of the molecule is Fc1ccc(F)c(CNOCC(F)(F)F)c1. The quantitative estimate of drug-likeness (QED) is 0.497. The van der Waals surface area contributed by atoms with E-state index in [1.165, 1.54) is 0 Å². The van der Waals surface area contributed by atoms with Crippen LogP contribution < -0.4 is 5.48 Å². The summed E-state index contributed by atoms with van der Waals surface area (Å²) in [6.45, 7) is -1.84. The highest BCUT2D eigenvalue weighted by Crippen LogP contribution is 2.14. The molecule has 0 saturated carbocycles. The van der Waals surface area contributed by atoms with Gasteiger partial charge in [-0.15, -0.1) is 0 Å². The van der Waals surface area contributed by atoms with Crippen molar-refractivity contribution in [1.29, 1.82) is 0 Å². The summed E-state index contributed by atoms with van der Waals surface area (Å²) < 4.78 is 60.5. The van der Waals surface area contributed by atoms with Gasteiger partial charge in [0.2, 0.25) is 0 Å². The Morgan fingerprint density at radius 1 is 1.19 bits per heavy atom. The first kappa shape index (κ1) is 12.9. The Morgan fingerprint density at radius 2 is 1.88 bits per heavy atom. The van der Waals surface area contributed by atoms with E-state index in [0.29, 0.717) is 0 Å². The minimum Gasteiger partial charge on any atom is -0.292 e. The number of benzene rings is 1. The van der Waals surface area contributed by atoms with Gasteiger partial charge in [-0.25, -0.2) is 8.78 Å². The molecule has 16 heavy (non-hydrogen) atoms. The van der Waals surface area contributed by atoms with Crippen LogP contribution in [0.15, 0.2) is 18.2 Å². The van der Waals surface area contributed by atoms with Crippen molar-refractivity contribution in [3.8, 4) is 0 Å². The molecule has 1 aromatic carbocycles. The summed E-state index contributed by atoms with van der Waals surface area (Å²) in [7, 11) is 0. The maximum Gasteiger partial charge on any atom is 0.413 e. The molecule has 0 unspecified atom stereocenters. The van der Waals surface area contributed by atoms with Crippen molar-refractivity contribution in [2.75, 3.05) is 6.61 Å². The highest BCUT2D eigenvalue weighted by Gasteiger charge is 2.27. The third-order valence-corrected chi connectivity index (χ3v) is 1.61. The number of hydrogen-bond donors (Lipinski definition) is 1. The monoisotopic (exact) mass is 241 g/mol. The fraction of sp³-hybridized carbons (Fsp3) is 0.333. The van der Waals surface area contributed by atoms with Crippen LogP contribution in [0.5, 0.6) is 0 Å². The van der Waals surface area contributed by atoms with Gasteiger partial charge in [-0.05, 0) is 18.2 Å². The molecule has 0 aromatic heterocycles. The van der Waals surface area contributed by atoms with E-state index >= 15 is 0 Å². The van der Waals surface area contributed by atoms with E-state index in [-0.39, 0.29) is 12.1 Å². The second-order valence-corrected chi connectivity index (χ2v) is 2.96. The van der Waals surface area contributed by atoms with Crippen LogP contribution in [0.25, 0.3) is 0 Å². The Kier molecular flexibility index (Phi) is 4.19. The average Bonchev–Trinajstić information content (AvgIpc) is 2.16. The molecular formula is C9H8F5NO. The van der Waals surface area contributed by atoms with E-state index in [0.717, 1.165) is 18.2 Å². The van der Waals surface area contributed by atoms with Crippen molar-refractivity contribution in [3.05, 3.63) is 35.4 Å². The van der Waals surface area contributed by atoms with Crippen molar-refractivity contribution in [1.82, 2.24) is 5.48 Å². The molecule has 0 fully saturated rings. The van der Waals surface area contributed by atoms with Gasteiger partial charge in [0.05, 0.1) is 0 Å². The smallest absolute Gasteiger partial charge is 0.292 e. The van der Waals surface area contributed by atoms with Crippen LogP contribution in [0.2, 0.25) is 0 Å². The van der Waals surface area contributed by atoms with E-state index in [4.69, 9.17) is 0 Å². The lowest BCUT2D eigenvalue weighted by Gasteiger charge is -2.08. The molecule has 1 N–H and O–H groups in total. The summed E-state index contributed by atoms with van der Waals surface area (Å²) in [5.74, 6) is -1.39. The Balaban J connectivity index is 2.40. The van der Waals surface area contributed by atoms with Crippen molar-refractivity contribution < 1.29 is 26.8 Å². The van der Waals surface area contributed by atoms with Gasteiger partial charge in [0, 0.05) is 12.1 Å². The zero-order chi connectivity index (χ0) is 12.2. The molecule has 1 aromatic rings. The number of halogens is 5. The van der Waals surface area contributed by atoms with Crippen LogP contribution in [-0.2, 0) is 11.4 Å². The minimum absolute atomic E-state index is 0.109. The molecule has 0 atom stereocenters. The molecule has 0 aliphatic heterocycles. The molecule has 0 radical (unpaired) electrons. The van der Waals surface area contributed by atoms with Gasteiger partial charge in [-0.3, -0.25) is 4.84 Å². The Morgan fingerprint density at radius 3 is 2.50 bits per heavy atom. The lowest BCUT2D eigenvalue weighted by molar-refractivity contribution is -0.190. The lowest BCUT2D eigenvalue weighted by Crippen LogP contribution is -2.24. The minimum atomic E-state index is -4.46. The summed E-state index contributed by atoms with van der Waals surface area (Å²) in [4.78, 5) is 4.03. The van der Waals surface area contributed by atoms with E-state index in [1.807, 2.05) is 5.48 Å². The third kappa shape index (κ3) is 4.54. The molecule has 0 aliphatic rings. The second-order valence-electron chi connectivity index (χ2n) is 2.96. The summed E-state index contributed by atoms with van der Waals surface area (Å²) >= 11 is 0. The molecule has 7 heteroatoms. The third-order valence-electron chi connectivity index (χ3n) is 1.61. The predicted octanol–water partition coefficient (Wildman–Crippen LogP) is 2.55. The van der Waals surface area contributed by atoms with Crippen LogP contribution >= 0.6 is 0 Å². The van der Waals surface area contributed by atoms with E-state index in [9.17, 15) is 22.0 Å². The van der Waals surface area contributed by atoms with Crippen LogP contribution in [0.4, 0.5) is 22.0 Å². The fourth-order valence-electron chi connectivity index (χ4n) is 0.940. The topological polar surface area (TPSA) is 21.3 Å². The summed E-state index contributed by atoms with van der Waals surface area (Å²) in [6.07, 6.45) is -4.46. The Bertz CT molecular complexity index is 352. The van der Waals surface area contributed by atoms with Crippen molar-refractivity contribution >= 4 is 0 Å². The van der Waals surface area contributed by atoms with Crippen LogP contribution in [0.1, 0.15) is 5.56 Å². The van der Waals surface area contributed by atoms with E-state index < -0.39 is 24.4 Å². The van der Waals surface area contributed by atoms with Gasteiger partial charge in [-0.2, -0.15) is 18.7 Å². The summed E-state index contributed by atoms with van der Waals surface area (Å²) in [5.41, 5.74) is 1.79. The fourth-order valence-corrected chi connectivity index (χ4v) is 0.940. The van der Waals surface area contributed by atoms with Crippen LogP contribution in [0.3, 0.4) is 0 Å². The number of alkyl halides is 3. The van der Waals surface area contributed by atoms with Crippen molar-refractivity contribution in [3.63, 3.8) is 0 Å². The number of nitrogens with one attached hydrogen (secondary N) is 1. The van der Waals surface area contributed by atoms with Crippen LogP contribution in [-0.4, -0.2) is 12.8 Å². The van der Waals surface area contributed by atoms with Crippen molar-refractivity contribution in [2.24, 2.45) is 0 Å². The number of hydroxylamine groups is 1. The molecule has 1 rings (SSSR count). The highest BCUT2D eigenvalue weighted by molar-refractivity contribution is 5.18. The molecule has 2 nitrogen and oxygen atoms in total. The molecular weight excluding hydrogens is 233 g/mol. The van der Waals surface area contributed by atoms with Gasteiger partial charge < -0.3 is 0 Å². The zero-order valence-corrected chi connectivity index (χ0v) is 7.94. The van der Waals surface area contributed by atoms with E-state index in [2.05, 4.69) is 4.84 Å². The number of rotatable bonds is 4. The second kappa shape index (κ2) is 5.22. The normalized spacial score (nSPS) is 11.8. The standard InChI is InChI=1S/C9H8F5NO/c10-7-1-2-8(11)6(3-7)4-15-16-5-9(12,13)14/h1-3,15H,4-5H2. The molecule has 90 valence electrons. The molecule has 0 spiro atoms. The molecule has 0 amide bonds.